The monoisotopic (exact) mass is 353 g/mol. The molecule has 2 aromatic carbocycles. The Morgan fingerprint density at radius 3 is 2.69 bits per heavy atom. The zero-order valence-corrected chi connectivity index (χ0v) is 14.9. The summed E-state index contributed by atoms with van der Waals surface area (Å²) in [7, 11) is 1.55. The van der Waals surface area contributed by atoms with Crippen LogP contribution in [0.1, 0.15) is 21.6 Å². The third kappa shape index (κ3) is 3.59. The van der Waals surface area contributed by atoms with Gasteiger partial charge in [0.05, 0.1) is 6.54 Å². The van der Waals surface area contributed by atoms with Gasteiger partial charge in [0.15, 0.2) is 0 Å². The van der Waals surface area contributed by atoms with Crippen LogP contribution in [0, 0.1) is 19.7 Å². The fourth-order valence-electron chi connectivity index (χ4n) is 2.79. The lowest BCUT2D eigenvalue weighted by molar-refractivity contribution is -0.116. The van der Waals surface area contributed by atoms with Gasteiger partial charge in [-0.3, -0.25) is 9.59 Å². The van der Waals surface area contributed by atoms with Gasteiger partial charge < -0.3 is 15.2 Å². The molecule has 0 radical (unpaired) electrons. The predicted molar refractivity (Wildman–Crippen MR) is 99.8 cm³/mol. The first-order valence-corrected chi connectivity index (χ1v) is 8.25. The highest BCUT2D eigenvalue weighted by molar-refractivity contribution is 6.01. The SMILES string of the molecule is Cc1cccc(NC(=O)CN(C)C(=O)c2cc3cc(F)ccc3[nH]2)c1C. The molecule has 2 N–H and O–H groups in total. The number of aromatic nitrogens is 1. The molecule has 3 rings (SSSR count). The normalized spacial score (nSPS) is 10.8. The van der Waals surface area contributed by atoms with Crippen molar-refractivity contribution in [1.82, 2.24) is 9.88 Å². The van der Waals surface area contributed by atoms with Gasteiger partial charge in [-0.2, -0.15) is 0 Å². The summed E-state index contributed by atoms with van der Waals surface area (Å²) in [5.41, 5.74) is 3.79. The van der Waals surface area contributed by atoms with Crippen molar-refractivity contribution >= 4 is 28.4 Å². The van der Waals surface area contributed by atoms with E-state index < -0.39 is 0 Å². The molecule has 26 heavy (non-hydrogen) atoms. The lowest BCUT2D eigenvalue weighted by Crippen LogP contribution is -2.35. The number of hydrogen-bond donors (Lipinski definition) is 2. The van der Waals surface area contributed by atoms with Crippen molar-refractivity contribution < 1.29 is 14.0 Å². The van der Waals surface area contributed by atoms with Crippen molar-refractivity contribution in [1.29, 1.82) is 0 Å². The van der Waals surface area contributed by atoms with Gasteiger partial charge in [-0.1, -0.05) is 12.1 Å². The number of benzene rings is 2. The van der Waals surface area contributed by atoms with Gasteiger partial charge in [0.2, 0.25) is 5.91 Å². The lowest BCUT2D eigenvalue weighted by atomic mass is 10.1. The molecule has 0 aliphatic carbocycles. The standard InChI is InChI=1S/C20H20FN3O2/c1-12-5-4-6-16(13(12)2)23-19(25)11-24(3)20(26)18-10-14-9-15(21)7-8-17(14)22-18/h4-10,22H,11H2,1-3H3,(H,23,25). The molecule has 0 saturated carbocycles. The van der Waals surface area contributed by atoms with Gasteiger partial charge in [0, 0.05) is 23.6 Å². The molecule has 1 heterocycles. The van der Waals surface area contributed by atoms with E-state index >= 15 is 0 Å². The van der Waals surface area contributed by atoms with E-state index in [9.17, 15) is 14.0 Å². The van der Waals surface area contributed by atoms with Crippen molar-refractivity contribution in [2.45, 2.75) is 13.8 Å². The molecule has 0 bridgehead atoms. The zero-order chi connectivity index (χ0) is 18.8. The summed E-state index contributed by atoms with van der Waals surface area (Å²) in [6.07, 6.45) is 0. The summed E-state index contributed by atoms with van der Waals surface area (Å²) in [5.74, 6) is -0.980. The number of anilines is 1. The van der Waals surface area contributed by atoms with E-state index in [4.69, 9.17) is 0 Å². The third-order valence-corrected chi connectivity index (χ3v) is 4.42. The number of nitrogens with one attached hydrogen (secondary N) is 2. The highest BCUT2D eigenvalue weighted by Crippen LogP contribution is 2.19. The molecule has 1 aromatic heterocycles. The summed E-state index contributed by atoms with van der Waals surface area (Å²) in [5, 5.41) is 3.44. The largest absolute Gasteiger partial charge is 0.351 e. The number of H-pyrrole nitrogens is 1. The molecule has 0 aliphatic heterocycles. The van der Waals surface area contributed by atoms with Crippen LogP contribution >= 0.6 is 0 Å². The summed E-state index contributed by atoms with van der Waals surface area (Å²) in [4.78, 5) is 29.1. The van der Waals surface area contributed by atoms with E-state index in [1.54, 1.807) is 19.2 Å². The van der Waals surface area contributed by atoms with E-state index in [2.05, 4.69) is 10.3 Å². The molecule has 6 heteroatoms. The number of rotatable bonds is 4. The summed E-state index contributed by atoms with van der Waals surface area (Å²) >= 11 is 0. The second-order valence-corrected chi connectivity index (χ2v) is 6.37. The maximum absolute atomic E-state index is 13.3. The molecule has 5 nitrogen and oxygen atoms in total. The van der Waals surface area contributed by atoms with Crippen LogP contribution in [0.25, 0.3) is 10.9 Å². The molecule has 0 saturated heterocycles. The van der Waals surface area contributed by atoms with Gasteiger partial charge >= 0.3 is 0 Å². The number of likely N-dealkylation sites (N-methyl/N-ethyl adjacent to an activating group) is 1. The van der Waals surface area contributed by atoms with E-state index in [0.29, 0.717) is 16.6 Å². The number of carbonyl (C=O) groups is 2. The van der Waals surface area contributed by atoms with Crippen LogP contribution in [0.3, 0.4) is 0 Å². The molecule has 0 aliphatic rings. The number of halogens is 1. The van der Waals surface area contributed by atoms with Crippen LogP contribution in [0.15, 0.2) is 42.5 Å². The molecule has 3 aromatic rings. The smallest absolute Gasteiger partial charge is 0.270 e. The Kier molecular flexibility index (Phi) is 4.75. The first-order chi connectivity index (χ1) is 12.3. The Balaban J connectivity index is 1.69. The lowest BCUT2D eigenvalue weighted by Gasteiger charge is -2.17. The van der Waals surface area contributed by atoms with Crippen LogP contribution in [0.4, 0.5) is 10.1 Å². The summed E-state index contributed by atoms with van der Waals surface area (Å²) < 4.78 is 13.3. The minimum atomic E-state index is -0.364. The number of aromatic amines is 1. The van der Waals surface area contributed by atoms with Crippen molar-refractivity contribution in [3.05, 3.63) is 65.1 Å². The second kappa shape index (κ2) is 7.00. The third-order valence-electron chi connectivity index (χ3n) is 4.42. The highest BCUT2D eigenvalue weighted by Gasteiger charge is 2.17. The van der Waals surface area contributed by atoms with Crippen LogP contribution < -0.4 is 5.32 Å². The van der Waals surface area contributed by atoms with Gasteiger partial charge in [0.1, 0.15) is 11.5 Å². The Bertz CT molecular complexity index is 994. The zero-order valence-electron chi connectivity index (χ0n) is 14.9. The Labute approximate surface area is 150 Å². The van der Waals surface area contributed by atoms with Gasteiger partial charge in [-0.25, -0.2) is 4.39 Å². The minimum absolute atomic E-state index is 0.0874. The number of amides is 2. The van der Waals surface area contributed by atoms with Gasteiger partial charge in [-0.05, 0) is 55.3 Å². The maximum Gasteiger partial charge on any atom is 0.270 e. The molecule has 134 valence electrons. The molecule has 2 amide bonds. The van der Waals surface area contributed by atoms with E-state index in [0.717, 1.165) is 16.8 Å². The topological polar surface area (TPSA) is 65.2 Å². The molecule has 0 atom stereocenters. The second-order valence-electron chi connectivity index (χ2n) is 6.37. The number of aryl methyl sites for hydroxylation is 1. The number of fused-ring (bicyclic) bond motifs is 1. The van der Waals surface area contributed by atoms with E-state index in [1.165, 1.54) is 17.0 Å². The predicted octanol–water partition coefficient (Wildman–Crippen LogP) is 3.63. The first kappa shape index (κ1) is 17.7. The Morgan fingerprint density at radius 1 is 1.15 bits per heavy atom. The molecule has 0 unspecified atom stereocenters. The molecule has 0 fully saturated rings. The average Bonchev–Trinajstić information content (AvgIpc) is 3.01. The summed E-state index contributed by atoms with van der Waals surface area (Å²) in [6.45, 7) is 3.82. The molecular weight excluding hydrogens is 333 g/mol. The number of nitrogens with zero attached hydrogens (tertiary/aromatic N) is 1. The number of carbonyl (C=O) groups excluding carboxylic acids is 2. The number of hydrogen-bond acceptors (Lipinski definition) is 2. The minimum Gasteiger partial charge on any atom is -0.351 e. The highest BCUT2D eigenvalue weighted by atomic mass is 19.1. The van der Waals surface area contributed by atoms with Crippen molar-refractivity contribution in [2.24, 2.45) is 0 Å². The molecule has 0 spiro atoms. The molecular formula is C20H20FN3O2. The van der Waals surface area contributed by atoms with Crippen LogP contribution in [-0.2, 0) is 4.79 Å². The van der Waals surface area contributed by atoms with Crippen LogP contribution in [-0.4, -0.2) is 35.3 Å². The summed E-state index contributed by atoms with van der Waals surface area (Å²) in [6, 6.07) is 11.5. The fraction of sp³-hybridized carbons (Fsp3) is 0.200. The van der Waals surface area contributed by atoms with Crippen LogP contribution in [0.2, 0.25) is 0 Å². The van der Waals surface area contributed by atoms with Crippen molar-refractivity contribution in [3.8, 4) is 0 Å². The van der Waals surface area contributed by atoms with Crippen molar-refractivity contribution in [2.75, 3.05) is 18.9 Å². The van der Waals surface area contributed by atoms with Crippen LogP contribution in [0.5, 0.6) is 0 Å². The quantitative estimate of drug-likeness (QED) is 0.752. The Hall–Kier alpha value is -3.15. The van der Waals surface area contributed by atoms with Crippen molar-refractivity contribution in [3.63, 3.8) is 0 Å². The maximum atomic E-state index is 13.3. The van der Waals surface area contributed by atoms with E-state index in [1.807, 2.05) is 32.0 Å². The van der Waals surface area contributed by atoms with Gasteiger partial charge in [-0.15, -0.1) is 0 Å². The Morgan fingerprint density at radius 2 is 1.92 bits per heavy atom. The van der Waals surface area contributed by atoms with E-state index in [-0.39, 0.29) is 24.2 Å². The average molecular weight is 353 g/mol. The fourth-order valence-corrected chi connectivity index (χ4v) is 2.79. The first-order valence-electron chi connectivity index (χ1n) is 8.25. The van der Waals surface area contributed by atoms with Gasteiger partial charge in [0.25, 0.3) is 5.91 Å².